The number of hydrogen-bond acceptors (Lipinski definition) is 5. The molecule has 6 nitrogen and oxygen atoms in total. The third-order valence-corrected chi connectivity index (χ3v) is 10.6. The summed E-state index contributed by atoms with van der Waals surface area (Å²) >= 11 is 0. The summed E-state index contributed by atoms with van der Waals surface area (Å²) in [5, 5.41) is 9.23. The summed E-state index contributed by atoms with van der Waals surface area (Å²) in [6, 6.07) is 4.26. The summed E-state index contributed by atoms with van der Waals surface area (Å²) in [4.78, 5) is 28.0. The van der Waals surface area contributed by atoms with Gasteiger partial charge in [0.1, 0.15) is 6.10 Å². The van der Waals surface area contributed by atoms with Gasteiger partial charge in [-0.2, -0.15) is 0 Å². The lowest BCUT2D eigenvalue weighted by Crippen LogP contribution is -2.50. The third-order valence-electron chi connectivity index (χ3n) is 10.6. The number of carbonyl (C=O) groups is 2. The fraction of sp³-hybridized carbons (Fsp3) is 0.656. The molecular formula is C32H43NO5. The van der Waals surface area contributed by atoms with Crippen LogP contribution in [0.4, 0.5) is 4.79 Å². The number of carbonyl (C=O) groups excluding carboxylic acids is 1. The van der Waals surface area contributed by atoms with Gasteiger partial charge < -0.3 is 14.6 Å². The first kappa shape index (κ1) is 27.0. The van der Waals surface area contributed by atoms with Crippen molar-refractivity contribution in [2.75, 3.05) is 6.61 Å². The monoisotopic (exact) mass is 521 g/mol. The average molecular weight is 522 g/mol. The van der Waals surface area contributed by atoms with Gasteiger partial charge in [0.15, 0.2) is 0 Å². The fourth-order valence-corrected chi connectivity index (χ4v) is 8.21. The highest BCUT2D eigenvalue weighted by Gasteiger charge is 2.57. The van der Waals surface area contributed by atoms with Gasteiger partial charge in [-0.1, -0.05) is 37.6 Å². The van der Waals surface area contributed by atoms with Crippen LogP contribution in [0.5, 0.6) is 0 Å². The van der Waals surface area contributed by atoms with Gasteiger partial charge in [-0.25, -0.2) is 4.79 Å². The number of pyridine rings is 1. The molecule has 1 N–H and O–H groups in total. The van der Waals surface area contributed by atoms with Crippen molar-refractivity contribution < 1.29 is 24.2 Å². The minimum Gasteiger partial charge on any atom is -0.481 e. The molecule has 0 bridgehead atoms. The molecule has 6 heteroatoms. The van der Waals surface area contributed by atoms with Gasteiger partial charge in [0, 0.05) is 18.8 Å². The fourth-order valence-electron chi connectivity index (χ4n) is 8.21. The van der Waals surface area contributed by atoms with Crippen LogP contribution < -0.4 is 0 Å². The second kappa shape index (κ2) is 10.2. The van der Waals surface area contributed by atoms with Crippen LogP contribution in [0.2, 0.25) is 0 Å². The van der Waals surface area contributed by atoms with Gasteiger partial charge in [0.2, 0.25) is 0 Å². The Morgan fingerprint density at radius 1 is 1.11 bits per heavy atom. The summed E-state index contributed by atoms with van der Waals surface area (Å²) in [5.41, 5.74) is 3.81. The zero-order chi connectivity index (χ0) is 27.1. The third kappa shape index (κ3) is 4.80. The maximum absolute atomic E-state index is 12.4. The topological polar surface area (TPSA) is 85.7 Å². The van der Waals surface area contributed by atoms with Crippen LogP contribution >= 0.6 is 0 Å². The van der Waals surface area contributed by atoms with Crippen LogP contribution in [0.1, 0.15) is 91.0 Å². The van der Waals surface area contributed by atoms with E-state index in [-0.39, 0.29) is 23.5 Å². The van der Waals surface area contributed by atoms with Crippen LogP contribution in [0.3, 0.4) is 0 Å². The van der Waals surface area contributed by atoms with Crippen molar-refractivity contribution >= 4 is 17.7 Å². The summed E-state index contributed by atoms with van der Waals surface area (Å²) in [5.74, 6) is 1.19. The van der Waals surface area contributed by atoms with Crippen LogP contribution in [0.15, 0.2) is 42.3 Å². The Kier molecular flexibility index (Phi) is 7.21. The lowest BCUT2D eigenvalue weighted by Gasteiger charge is -2.57. The smallest absolute Gasteiger partial charge is 0.481 e. The molecule has 2 saturated carbocycles. The molecule has 4 aliphatic carbocycles. The van der Waals surface area contributed by atoms with E-state index in [9.17, 15) is 14.7 Å². The molecule has 206 valence electrons. The standard InChI is InChI=1S/C32H43NO5/c1-30(2,28(34)35)14-6-18-37-29(36)38-23-12-15-31(3)22(19-23)8-9-24-26-11-10-25(21-7-5-17-33-20-21)32(26,4)16-13-27(24)31/h5,7-8,10,17,20,23-24,26-27H,6,9,11-16,18-19H2,1-4H3,(H,34,35)/t23-,24-,26-,27-,31-,32+/m0/s1. The van der Waals surface area contributed by atoms with Crippen LogP contribution in [0.25, 0.3) is 5.57 Å². The maximum atomic E-state index is 12.4. The molecule has 0 unspecified atom stereocenters. The number of carboxylic acids is 1. The van der Waals surface area contributed by atoms with Crippen LogP contribution in [0, 0.1) is 34.0 Å². The Bertz CT molecular complexity index is 1120. The molecule has 0 spiro atoms. The SMILES string of the molecule is CC(C)(CCCOC(=O)O[C@H]1CC[C@@]2(C)C(=CC[C@@H]3[C@@H]2CC[C@]2(C)C(c4cccnc4)=CC[C@@H]32)C1)C(=O)O. The second-order valence-electron chi connectivity index (χ2n) is 13.2. The van der Waals surface area contributed by atoms with E-state index in [1.54, 1.807) is 13.8 Å². The number of aromatic nitrogens is 1. The number of rotatable bonds is 7. The van der Waals surface area contributed by atoms with Crippen molar-refractivity contribution in [1.82, 2.24) is 4.98 Å². The molecule has 1 aromatic heterocycles. The highest BCUT2D eigenvalue weighted by atomic mass is 16.7. The van der Waals surface area contributed by atoms with Gasteiger partial charge in [-0.3, -0.25) is 9.78 Å². The zero-order valence-electron chi connectivity index (χ0n) is 23.4. The van der Waals surface area contributed by atoms with Crippen LogP contribution in [-0.4, -0.2) is 34.9 Å². The lowest BCUT2D eigenvalue weighted by atomic mass is 9.47. The number of nitrogens with zero attached hydrogens (tertiary/aromatic N) is 1. The molecule has 1 heterocycles. The van der Waals surface area contributed by atoms with E-state index in [1.165, 1.54) is 29.6 Å². The Hall–Kier alpha value is -2.63. The first-order chi connectivity index (χ1) is 18.0. The van der Waals surface area contributed by atoms with Gasteiger partial charge in [0.05, 0.1) is 12.0 Å². The van der Waals surface area contributed by atoms with Gasteiger partial charge in [-0.05, 0) is 111 Å². The molecule has 4 aliphatic rings. The second-order valence-corrected chi connectivity index (χ2v) is 13.2. The number of hydrogen-bond donors (Lipinski definition) is 1. The lowest BCUT2D eigenvalue weighted by molar-refractivity contribution is -0.147. The van der Waals surface area contributed by atoms with E-state index in [2.05, 4.69) is 37.0 Å². The predicted molar refractivity (Wildman–Crippen MR) is 146 cm³/mol. The van der Waals surface area contributed by atoms with Gasteiger partial charge in [-0.15, -0.1) is 0 Å². The Labute approximate surface area is 226 Å². The Balaban J connectivity index is 1.18. The summed E-state index contributed by atoms with van der Waals surface area (Å²) in [7, 11) is 0. The van der Waals surface area contributed by atoms with E-state index in [0.717, 1.165) is 32.1 Å². The van der Waals surface area contributed by atoms with Crippen molar-refractivity contribution in [2.24, 2.45) is 34.0 Å². The number of allylic oxidation sites excluding steroid dienone is 3. The van der Waals surface area contributed by atoms with Crippen molar-refractivity contribution in [3.05, 3.63) is 47.8 Å². The van der Waals surface area contributed by atoms with Crippen molar-refractivity contribution in [3.63, 3.8) is 0 Å². The Morgan fingerprint density at radius 2 is 1.89 bits per heavy atom. The first-order valence-electron chi connectivity index (χ1n) is 14.4. The molecule has 1 aromatic rings. The Morgan fingerprint density at radius 3 is 2.63 bits per heavy atom. The van der Waals surface area contributed by atoms with E-state index < -0.39 is 17.5 Å². The number of ether oxygens (including phenoxy) is 2. The summed E-state index contributed by atoms with van der Waals surface area (Å²) in [6.45, 7) is 8.50. The molecule has 0 amide bonds. The van der Waals surface area contributed by atoms with E-state index >= 15 is 0 Å². The molecule has 6 atom stereocenters. The summed E-state index contributed by atoms with van der Waals surface area (Å²) < 4.78 is 11.0. The zero-order valence-corrected chi connectivity index (χ0v) is 23.4. The number of carboxylic acid groups (broad SMARTS) is 1. The molecular weight excluding hydrogens is 478 g/mol. The quantitative estimate of drug-likeness (QED) is 0.228. The molecule has 2 fully saturated rings. The highest BCUT2D eigenvalue weighted by Crippen LogP contribution is 2.66. The van der Waals surface area contributed by atoms with Gasteiger partial charge >= 0.3 is 12.1 Å². The minimum atomic E-state index is -0.839. The molecule has 5 rings (SSSR count). The number of fused-ring (bicyclic) bond motifs is 5. The minimum absolute atomic E-state index is 0.145. The van der Waals surface area contributed by atoms with Gasteiger partial charge in [0.25, 0.3) is 0 Å². The molecule has 0 saturated heterocycles. The normalized spacial score (nSPS) is 34.2. The van der Waals surface area contributed by atoms with Crippen molar-refractivity contribution in [1.29, 1.82) is 0 Å². The average Bonchev–Trinajstić information content (AvgIpc) is 3.24. The molecule has 0 aromatic carbocycles. The summed E-state index contributed by atoms with van der Waals surface area (Å²) in [6.07, 6.45) is 16.4. The molecule has 0 aliphatic heterocycles. The first-order valence-corrected chi connectivity index (χ1v) is 14.4. The molecule has 0 radical (unpaired) electrons. The van der Waals surface area contributed by atoms with Crippen molar-refractivity contribution in [2.45, 2.75) is 91.6 Å². The van der Waals surface area contributed by atoms with Crippen LogP contribution in [-0.2, 0) is 14.3 Å². The van der Waals surface area contributed by atoms with E-state index in [0.29, 0.717) is 30.6 Å². The number of aliphatic carboxylic acids is 1. The largest absolute Gasteiger partial charge is 0.508 e. The molecule has 38 heavy (non-hydrogen) atoms. The predicted octanol–water partition coefficient (Wildman–Crippen LogP) is 7.45. The highest BCUT2D eigenvalue weighted by molar-refractivity contribution is 5.73. The van der Waals surface area contributed by atoms with E-state index in [1.807, 2.05) is 18.5 Å². The maximum Gasteiger partial charge on any atom is 0.508 e. The van der Waals surface area contributed by atoms with E-state index in [4.69, 9.17) is 9.47 Å². The van der Waals surface area contributed by atoms with Crippen molar-refractivity contribution in [3.8, 4) is 0 Å².